The Bertz CT molecular complexity index is 993. The molecule has 5 rings (SSSR count). The van der Waals surface area contributed by atoms with E-state index in [-0.39, 0.29) is 5.82 Å². The summed E-state index contributed by atoms with van der Waals surface area (Å²) in [5.41, 5.74) is 5.07. The first-order valence-corrected chi connectivity index (χ1v) is 10.1. The largest absolute Gasteiger partial charge is 0.356 e. The fourth-order valence-corrected chi connectivity index (χ4v) is 4.62. The van der Waals surface area contributed by atoms with Gasteiger partial charge >= 0.3 is 0 Å². The van der Waals surface area contributed by atoms with Gasteiger partial charge < -0.3 is 4.90 Å². The molecule has 2 aliphatic rings. The van der Waals surface area contributed by atoms with Gasteiger partial charge in [-0.2, -0.15) is 9.61 Å². The van der Waals surface area contributed by atoms with E-state index in [1.807, 2.05) is 16.6 Å². The van der Waals surface area contributed by atoms with Crippen molar-refractivity contribution in [1.82, 2.24) is 14.6 Å². The van der Waals surface area contributed by atoms with Gasteiger partial charge in [0.2, 0.25) is 0 Å². The SMILES string of the molecule is CC1CCCN(c2c3c(nc4cc(-c5cccc(F)c5)nn24)CCCC3)C1. The molecular formula is C22H25FN4. The Hall–Kier alpha value is -2.43. The second-order valence-electron chi connectivity index (χ2n) is 8.07. The first kappa shape index (κ1) is 16.7. The normalized spacial score (nSPS) is 20.1. The number of hydrogen-bond donors (Lipinski definition) is 0. The highest BCUT2D eigenvalue weighted by atomic mass is 19.1. The van der Waals surface area contributed by atoms with Crippen LogP contribution in [0.4, 0.5) is 10.2 Å². The molecule has 0 spiro atoms. The Morgan fingerprint density at radius 1 is 1.11 bits per heavy atom. The first-order chi connectivity index (χ1) is 13.2. The molecular weight excluding hydrogens is 339 g/mol. The maximum Gasteiger partial charge on any atom is 0.158 e. The van der Waals surface area contributed by atoms with E-state index >= 15 is 0 Å². The first-order valence-electron chi connectivity index (χ1n) is 10.1. The van der Waals surface area contributed by atoms with Crippen molar-refractivity contribution in [2.24, 2.45) is 5.92 Å². The summed E-state index contributed by atoms with van der Waals surface area (Å²) in [5.74, 6) is 1.69. The van der Waals surface area contributed by atoms with Gasteiger partial charge in [-0.05, 0) is 56.6 Å². The van der Waals surface area contributed by atoms with Gasteiger partial charge in [0.25, 0.3) is 0 Å². The summed E-state index contributed by atoms with van der Waals surface area (Å²) in [4.78, 5) is 7.45. The number of nitrogens with zero attached hydrogens (tertiary/aromatic N) is 4. The van der Waals surface area contributed by atoms with Crippen LogP contribution in [0.15, 0.2) is 30.3 Å². The molecule has 4 nitrogen and oxygen atoms in total. The van der Waals surface area contributed by atoms with Gasteiger partial charge in [0.15, 0.2) is 5.65 Å². The van der Waals surface area contributed by atoms with Crippen LogP contribution in [0, 0.1) is 11.7 Å². The van der Waals surface area contributed by atoms with Crippen LogP contribution in [0.2, 0.25) is 0 Å². The van der Waals surface area contributed by atoms with E-state index in [1.54, 1.807) is 12.1 Å². The number of aromatic nitrogens is 3. The van der Waals surface area contributed by atoms with Crippen LogP contribution in [0.1, 0.15) is 43.9 Å². The molecule has 5 heteroatoms. The lowest BCUT2D eigenvalue weighted by atomic mass is 9.94. The van der Waals surface area contributed by atoms with Gasteiger partial charge in [-0.1, -0.05) is 19.1 Å². The molecule has 0 amide bonds. The molecule has 1 unspecified atom stereocenters. The summed E-state index contributed by atoms with van der Waals surface area (Å²) in [6, 6.07) is 8.66. The third-order valence-electron chi connectivity index (χ3n) is 5.93. The van der Waals surface area contributed by atoms with Crippen LogP contribution in [-0.2, 0) is 12.8 Å². The Morgan fingerprint density at radius 3 is 2.85 bits per heavy atom. The minimum Gasteiger partial charge on any atom is -0.356 e. The lowest BCUT2D eigenvalue weighted by molar-refractivity contribution is 0.440. The van der Waals surface area contributed by atoms with Crippen molar-refractivity contribution in [2.75, 3.05) is 18.0 Å². The molecule has 27 heavy (non-hydrogen) atoms. The Labute approximate surface area is 159 Å². The molecule has 0 radical (unpaired) electrons. The van der Waals surface area contributed by atoms with Crippen molar-refractivity contribution in [2.45, 2.75) is 45.4 Å². The summed E-state index contributed by atoms with van der Waals surface area (Å²) in [5, 5.41) is 4.88. The van der Waals surface area contributed by atoms with E-state index in [4.69, 9.17) is 10.1 Å². The second kappa shape index (κ2) is 6.63. The number of rotatable bonds is 2. The fraction of sp³-hybridized carbons (Fsp3) is 0.455. The van der Waals surface area contributed by atoms with Gasteiger partial charge in [0.05, 0.1) is 5.69 Å². The topological polar surface area (TPSA) is 33.4 Å². The van der Waals surface area contributed by atoms with Crippen molar-refractivity contribution in [3.63, 3.8) is 0 Å². The molecule has 0 N–H and O–H groups in total. The zero-order valence-corrected chi connectivity index (χ0v) is 15.8. The number of anilines is 1. The quantitative estimate of drug-likeness (QED) is 0.664. The van der Waals surface area contributed by atoms with Crippen molar-refractivity contribution >= 4 is 11.5 Å². The third kappa shape index (κ3) is 2.99. The standard InChI is InChI=1S/C22H25FN4/c1-15-6-5-11-26(14-15)22-18-9-2-3-10-19(18)24-21-13-20(25-27(21)22)16-7-4-8-17(23)12-16/h4,7-8,12-13,15H,2-3,5-6,9-11,14H2,1H3. The second-order valence-corrected chi connectivity index (χ2v) is 8.07. The minimum absolute atomic E-state index is 0.234. The predicted octanol–water partition coefficient (Wildman–Crippen LogP) is 4.65. The number of hydrogen-bond acceptors (Lipinski definition) is 3. The summed E-state index contributed by atoms with van der Waals surface area (Å²) in [6.07, 6.45) is 7.06. The van der Waals surface area contributed by atoms with Crippen LogP contribution in [0.25, 0.3) is 16.9 Å². The molecule has 0 saturated carbocycles. The Kier molecular flexibility index (Phi) is 4.10. The molecule has 0 bridgehead atoms. The average molecular weight is 364 g/mol. The monoisotopic (exact) mass is 364 g/mol. The summed E-state index contributed by atoms with van der Waals surface area (Å²) in [7, 11) is 0. The number of benzene rings is 1. The Balaban J connectivity index is 1.70. The third-order valence-corrected chi connectivity index (χ3v) is 5.93. The molecule has 140 valence electrons. The molecule has 1 aromatic carbocycles. The Morgan fingerprint density at radius 2 is 2.00 bits per heavy atom. The highest BCUT2D eigenvalue weighted by molar-refractivity contribution is 5.67. The van der Waals surface area contributed by atoms with Crippen molar-refractivity contribution in [1.29, 1.82) is 0 Å². The molecule has 3 heterocycles. The van der Waals surface area contributed by atoms with Gasteiger partial charge in [-0.15, -0.1) is 0 Å². The minimum atomic E-state index is -0.234. The van der Waals surface area contributed by atoms with E-state index in [2.05, 4.69) is 11.8 Å². The van der Waals surface area contributed by atoms with E-state index in [9.17, 15) is 4.39 Å². The predicted molar refractivity (Wildman–Crippen MR) is 106 cm³/mol. The smallest absolute Gasteiger partial charge is 0.158 e. The molecule has 3 aromatic rings. The molecule has 1 fully saturated rings. The lowest BCUT2D eigenvalue weighted by Crippen LogP contribution is -2.37. The zero-order chi connectivity index (χ0) is 18.4. The summed E-state index contributed by atoms with van der Waals surface area (Å²) < 4.78 is 15.7. The maximum absolute atomic E-state index is 13.7. The number of fused-ring (bicyclic) bond motifs is 2. The van der Waals surface area contributed by atoms with E-state index < -0.39 is 0 Å². The average Bonchev–Trinajstić information content (AvgIpc) is 3.09. The molecule has 1 atom stereocenters. The van der Waals surface area contributed by atoms with Crippen LogP contribution in [-0.4, -0.2) is 27.7 Å². The van der Waals surface area contributed by atoms with Crippen LogP contribution in [0.5, 0.6) is 0 Å². The highest BCUT2D eigenvalue weighted by Crippen LogP contribution is 2.34. The van der Waals surface area contributed by atoms with Gasteiger partial charge in [0, 0.05) is 36.0 Å². The molecule has 1 aliphatic heterocycles. The summed E-state index contributed by atoms with van der Waals surface area (Å²) in [6.45, 7) is 4.48. The van der Waals surface area contributed by atoms with Crippen LogP contribution < -0.4 is 4.90 Å². The van der Waals surface area contributed by atoms with Crippen LogP contribution in [0.3, 0.4) is 0 Å². The van der Waals surface area contributed by atoms with E-state index in [1.165, 1.54) is 48.8 Å². The van der Waals surface area contributed by atoms with E-state index in [0.717, 1.165) is 42.8 Å². The zero-order valence-electron chi connectivity index (χ0n) is 15.8. The lowest BCUT2D eigenvalue weighted by Gasteiger charge is -2.35. The van der Waals surface area contributed by atoms with Crippen molar-refractivity contribution < 1.29 is 4.39 Å². The number of aryl methyl sites for hydroxylation is 1. The molecule has 1 aliphatic carbocycles. The van der Waals surface area contributed by atoms with Crippen molar-refractivity contribution in [3.8, 4) is 11.3 Å². The van der Waals surface area contributed by atoms with Gasteiger partial charge in [-0.3, -0.25) is 0 Å². The number of halogens is 1. The van der Waals surface area contributed by atoms with Crippen LogP contribution >= 0.6 is 0 Å². The molecule has 2 aromatic heterocycles. The summed E-state index contributed by atoms with van der Waals surface area (Å²) >= 11 is 0. The number of piperidine rings is 1. The van der Waals surface area contributed by atoms with Gasteiger partial charge in [-0.25, -0.2) is 9.37 Å². The molecule has 1 saturated heterocycles. The van der Waals surface area contributed by atoms with Crippen molar-refractivity contribution in [3.05, 3.63) is 47.4 Å². The highest BCUT2D eigenvalue weighted by Gasteiger charge is 2.26. The fourth-order valence-electron chi connectivity index (χ4n) is 4.62. The van der Waals surface area contributed by atoms with E-state index in [0.29, 0.717) is 5.92 Å². The van der Waals surface area contributed by atoms with Gasteiger partial charge in [0.1, 0.15) is 11.6 Å². The maximum atomic E-state index is 13.7.